The van der Waals surface area contributed by atoms with E-state index in [0.717, 1.165) is 40.5 Å². The summed E-state index contributed by atoms with van der Waals surface area (Å²) in [6, 6.07) is 21.7. The van der Waals surface area contributed by atoms with Crippen molar-refractivity contribution in [1.82, 2.24) is 0 Å². The predicted octanol–water partition coefficient (Wildman–Crippen LogP) is 5.56. The Morgan fingerprint density at radius 1 is 1.05 bits per heavy atom. The van der Waals surface area contributed by atoms with E-state index in [-0.39, 0.29) is 17.5 Å². The first-order chi connectivity index (χ1) is 18.7. The maximum atomic E-state index is 12.6. The van der Waals surface area contributed by atoms with E-state index in [1.807, 2.05) is 43.3 Å². The lowest BCUT2D eigenvalue weighted by Crippen LogP contribution is -2.38. The second kappa shape index (κ2) is 10.6. The number of nitrogens with zero attached hydrogens (tertiary/aromatic N) is 1. The highest BCUT2D eigenvalue weighted by Crippen LogP contribution is 2.45. The zero-order chi connectivity index (χ0) is 27.6. The molecule has 1 atom stereocenters. The van der Waals surface area contributed by atoms with Crippen molar-refractivity contribution in [1.29, 1.82) is 0 Å². The lowest BCUT2D eigenvalue weighted by atomic mass is 9.86. The van der Waals surface area contributed by atoms with E-state index in [9.17, 15) is 9.90 Å². The van der Waals surface area contributed by atoms with Crippen LogP contribution in [-0.4, -0.2) is 29.2 Å². The molecular weight excluding hydrogens is 492 g/mol. The molecule has 200 valence electrons. The van der Waals surface area contributed by atoms with Crippen LogP contribution in [0.25, 0.3) is 10.8 Å². The fourth-order valence-corrected chi connectivity index (χ4v) is 4.90. The van der Waals surface area contributed by atoms with Gasteiger partial charge in [-0.25, -0.2) is 4.99 Å². The molecule has 8 heteroatoms. The summed E-state index contributed by atoms with van der Waals surface area (Å²) in [5.41, 5.74) is 14.1. The third-order valence-electron chi connectivity index (χ3n) is 7.16. The zero-order valence-electron chi connectivity index (χ0n) is 22.0. The number of ether oxygens (including phenoxy) is 2. The van der Waals surface area contributed by atoms with Gasteiger partial charge >= 0.3 is 0 Å². The number of guanidine groups is 1. The third kappa shape index (κ3) is 5.60. The normalized spacial score (nSPS) is 16.2. The van der Waals surface area contributed by atoms with E-state index in [0.29, 0.717) is 41.5 Å². The standard InChI is InChI=1S/C31H32N4O4/c1-19-24-15-16-31(2,39-28(24)26-6-4-3-5-25(26)27(19)36)17-18-38-23-13-11-21(12-14-23)34-29(37)20-7-9-22(10-8-20)35-30(32)33/h3-14,36H,15-18H2,1-2H3,(H,34,37)(H4,32,33,35). The van der Waals surface area contributed by atoms with Crippen molar-refractivity contribution in [2.24, 2.45) is 16.5 Å². The molecular formula is C31H32N4O4. The summed E-state index contributed by atoms with van der Waals surface area (Å²) in [6.45, 7) is 4.54. The van der Waals surface area contributed by atoms with Gasteiger partial charge in [0.1, 0.15) is 22.8 Å². The van der Waals surface area contributed by atoms with Gasteiger partial charge < -0.3 is 31.4 Å². The van der Waals surface area contributed by atoms with Crippen molar-refractivity contribution in [2.75, 3.05) is 11.9 Å². The van der Waals surface area contributed by atoms with Crippen molar-refractivity contribution in [3.8, 4) is 17.2 Å². The average molecular weight is 525 g/mol. The molecule has 0 spiro atoms. The van der Waals surface area contributed by atoms with Crippen molar-refractivity contribution in [3.05, 3.63) is 89.5 Å². The fourth-order valence-electron chi connectivity index (χ4n) is 4.90. The highest BCUT2D eigenvalue weighted by atomic mass is 16.5. The summed E-state index contributed by atoms with van der Waals surface area (Å²) >= 11 is 0. The van der Waals surface area contributed by atoms with Crippen molar-refractivity contribution in [2.45, 2.75) is 38.7 Å². The quantitative estimate of drug-likeness (QED) is 0.185. The molecule has 4 aromatic rings. The topological polar surface area (TPSA) is 132 Å². The highest BCUT2D eigenvalue weighted by Gasteiger charge is 2.34. The summed E-state index contributed by atoms with van der Waals surface area (Å²) in [6.07, 6.45) is 2.37. The second-order valence-electron chi connectivity index (χ2n) is 10.0. The summed E-state index contributed by atoms with van der Waals surface area (Å²) in [7, 11) is 0. The first-order valence-corrected chi connectivity index (χ1v) is 12.9. The van der Waals surface area contributed by atoms with Gasteiger partial charge in [-0.15, -0.1) is 0 Å². The Kier molecular flexibility index (Phi) is 7.02. The second-order valence-corrected chi connectivity index (χ2v) is 10.0. The molecule has 1 unspecified atom stereocenters. The number of phenolic OH excluding ortho intramolecular Hbond substituents is 1. The summed E-state index contributed by atoms with van der Waals surface area (Å²) in [4.78, 5) is 16.5. The fraction of sp³-hybridized carbons (Fsp3) is 0.226. The van der Waals surface area contributed by atoms with Crippen molar-refractivity contribution < 1.29 is 19.4 Å². The Labute approximate surface area is 227 Å². The average Bonchev–Trinajstić information content (AvgIpc) is 2.92. The number of nitrogens with one attached hydrogen (secondary N) is 1. The number of anilines is 1. The number of rotatable bonds is 7. The molecule has 1 heterocycles. The number of carbonyl (C=O) groups is 1. The molecule has 0 saturated carbocycles. The number of phenols is 1. The minimum atomic E-state index is -0.385. The number of aliphatic imine (C=N–C) groups is 1. The van der Waals surface area contributed by atoms with Crippen molar-refractivity contribution >= 4 is 34.0 Å². The first-order valence-electron chi connectivity index (χ1n) is 12.9. The molecule has 0 aliphatic carbocycles. The first kappa shape index (κ1) is 25.9. The molecule has 0 radical (unpaired) electrons. The van der Waals surface area contributed by atoms with Gasteiger partial charge in [0, 0.05) is 34.0 Å². The van der Waals surface area contributed by atoms with E-state index in [2.05, 4.69) is 17.2 Å². The SMILES string of the molecule is Cc1c2c(c3ccccc3c1O)OC(C)(CCOc1ccc(NC(=O)c3ccc(N=C(N)N)cc3)cc1)CC2. The highest BCUT2D eigenvalue weighted by molar-refractivity contribution is 6.04. The van der Waals surface area contributed by atoms with Gasteiger partial charge in [0.2, 0.25) is 0 Å². The zero-order valence-corrected chi connectivity index (χ0v) is 22.0. The lowest BCUT2D eigenvalue weighted by Gasteiger charge is -2.37. The van der Waals surface area contributed by atoms with Crippen LogP contribution in [0.3, 0.4) is 0 Å². The monoisotopic (exact) mass is 524 g/mol. The Morgan fingerprint density at radius 3 is 2.44 bits per heavy atom. The van der Waals surface area contributed by atoms with Gasteiger partial charge in [-0.3, -0.25) is 4.79 Å². The van der Waals surface area contributed by atoms with Crippen LogP contribution in [0.15, 0.2) is 77.8 Å². The Hall–Kier alpha value is -4.72. The van der Waals surface area contributed by atoms with Crippen LogP contribution in [0.2, 0.25) is 0 Å². The maximum Gasteiger partial charge on any atom is 0.255 e. The maximum absolute atomic E-state index is 12.6. The summed E-state index contributed by atoms with van der Waals surface area (Å²) in [5.74, 6) is 1.63. The van der Waals surface area contributed by atoms with Gasteiger partial charge in [0.05, 0.1) is 12.3 Å². The number of hydrogen-bond donors (Lipinski definition) is 4. The number of hydrogen-bond acceptors (Lipinski definition) is 5. The van der Waals surface area contributed by atoms with Crippen LogP contribution in [0.5, 0.6) is 17.2 Å². The molecule has 0 saturated heterocycles. The number of carbonyl (C=O) groups excluding carboxylic acids is 1. The van der Waals surface area contributed by atoms with Crippen LogP contribution >= 0.6 is 0 Å². The van der Waals surface area contributed by atoms with Gasteiger partial charge in [-0.2, -0.15) is 0 Å². The molecule has 1 amide bonds. The van der Waals surface area contributed by atoms with Crippen molar-refractivity contribution in [3.63, 3.8) is 0 Å². The molecule has 5 rings (SSSR count). The van der Waals surface area contributed by atoms with Crippen LogP contribution in [0.1, 0.15) is 41.3 Å². The van der Waals surface area contributed by atoms with Crippen LogP contribution < -0.4 is 26.3 Å². The van der Waals surface area contributed by atoms with Crippen LogP contribution in [-0.2, 0) is 6.42 Å². The molecule has 6 N–H and O–H groups in total. The van der Waals surface area contributed by atoms with Gasteiger partial charge in [-0.1, -0.05) is 24.3 Å². The van der Waals surface area contributed by atoms with Gasteiger partial charge in [-0.05, 0) is 80.8 Å². The number of amides is 1. The van der Waals surface area contributed by atoms with Crippen LogP contribution in [0, 0.1) is 6.92 Å². The summed E-state index contributed by atoms with van der Waals surface area (Å²) < 4.78 is 12.6. The number of fused-ring (bicyclic) bond motifs is 3. The van der Waals surface area contributed by atoms with Gasteiger partial charge in [0.15, 0.2) is 5.96 Å². The van der Waals surface area contributed by atoms with E-state index < -0.39 is 0 Å². The minimum absolute atomic E-state index is 0.0370. The van der Waals surface area contributed by atoms with E-state index in [1.165, 1.54) is 0 Å². The molecule has 0 aromatic heterocycles. The number of aromatic hydroxyl groups is 1. The minimum Gasteiger partial charge on any atom is -0.507 e. The predicted molar refractivity (Wildman–Crippen MR) is 154 cm³/mol. The lowest BCUT2D eigenvalue weighted by molar-refractivity contribution is 0.0437. The Morgan fingerprint density at radius 2 is 1.74 bits per heavy atom. The van der Waals surface area contributed by atoms with Crippen LogP contribution in [0.4, 0.5) is 11.4 Å². The molecule has 8 nitrogen and oxygen atoms in total. The number of nitrogens with two attached hydrogens (primary N) is 2. The smallest absolute Gasteiger partial charge is 0.255 e. The molecule has 0 bridgehead atoms. The van der Waals surface area contributed by atoms with E-state index >= 15 is 0 Å². The van der Waals surface area contributed by atoms with Gasteiger partial charge in [0.25, 0.3) is 5.91 Å². The molecule has 4 aromatic carbocycles. The third-order valence-corrected chi connectivity index (χ3v) is 7.16. The molecule has 1 aliphatic rings. The molecule has 1 aliphatic heterocycles. The molecule has 0 fully saturated rings. The Bertz CT molecular complexity index is 1540. The van der Waals surface area contributed by atoms with E-state index in [4.69, 9.17) is 20.9 Å². The molecule has 39 heavy (non-hydrogen) atoms. The largest absolute Gasteiger partial charge is 0.507 e. The van der Waals surface area contributed by atoms with E-state index in [1.54, 1.807) is 36.4 Å². The summed E-state index contributed by atoms with van der Waals surface area (Å²) in [5, 5.41) is 15.3. The number of benzene rings is 4. The Balaban J connectivity index is 1.18.